The van der Waals surface area contributed by atoms with E-state index in [0.29, 0.717) is 11.5 Å². The Morgan fingerprint density at radius 2 is 2.06 bits per heavy atom. The molecule has 3 heteroatoms. The van der Waals surface area contributed by atoms with Gasteiger partial charge in [-0.05, 0) is 31.0 Å². The van der Waals surface area contributed by atoms with Crippen molar-refractivity contribution in [2.24, 2.45) is 5.92 Å². The summed E-state index contributed by atoms with van der Waals surface area (Å²) in [6, 6.07) is 6.49. The first-order valence-electron chi connectivity index (χ1n) is 6.06. The number of rotatable bonds is 5. The van der Waals surface area contributed by atoms with Crippen molar-refractivity contribution in [2.75, 3.05) is 18.0 Å². The minimum Gasteiger partial charge on any atom is -0.371 e. The summed E-state index contributed by atoms with van der Waals surface area (Å²) < 4.78 is 13.4. The first kappa shape index (κ1) is 13.5. The van der Waals surface area contributed by atoms with Crippen LogP contribution in [0.25, 0.3) is 0 Å². The van der Waals surface area contributed by atoms with Crippen LogP contribution in [0.5, 0.6) is 0 Å². The zero-order chi connectivity index (χ0) is 12.8. The molecule has 0 bridgehead atoms. The number of hydrogen-bond donors (Lipinski definition) is 0. The van der Waals surface area contributed by atoms with Gasteiger partial charge in [0.15, 0.2) is 0 Å². The highest BCUT2D eigenvalue weighted by Crippen LogP contribution is 2.20. The number of halogens is 1. The molecule has 1 unspecified atom stereocenters. The molecule has 17 heavy (non-hydrogen) atoms. The molecule has 1 atom stereocenters. The van der Waals surface area contributed by atoms with Gasteiger partial charge in [-0.2, -0.15) is 5.26 Å². The Hall–Kier alpha value is -1.56. The van der Waals surface area contributed by atoms with Gasteiger partial charge in [0, 0.05) is 18.8 Å². The molecular weight excluding hydrogens is 215 g/mol. The van der Waals surface area contributed by atoms with Gasteiger partial charge in [-0.1, -0.05) is 20.3 Å². The van der Waals surface area contributed by atoms with Crippen LogP contribution in [0, 0.1) is 23.1 Å². The third-order valence-corrected chi connectivity index (χ3v) is 2.99. The molecule has 0 aliphatic rings. The van der Waals surface area contributed by atoms with Crippen molar-refractivity contribution < 1.29 is 4.39 Å². The Balaban J connectivity index is 2.95. The average Bonchev–Trinajstić information content (AvgIpc) is 2.34. The predicted molar refractivity (Wildman–Crippen MR) is 68.5 cm³/mol. The van der Waals surface area contributed by atoms with E-state index < -0.39 is 0 Å². The van der Waals surface area contributed by atoms with Gasteiger partial charge in [0.05, 0.1) is 11.6 Å². The molecule has 0 N–H and O–H groups in total. The van der Waals surface area contributed by atoms with Gasteiger partial charge in [-0.15, -0.1) is 0 Å². The van der Waals surface area contributed by atoms with E-state index in [1.54, 1.807) is 6.07 Å². The van der Waals surface area contributed by atoms with Crippen molar-refractivity contribution in [3.63, 3.8) is 0 Å². The summed E-state index contributed by atoms with van der Waals surface area (Å²) >= 11 is 0. The van der Waals surface area contributed by atoms with Crippen LogP contribution in [-0.4, -0.2) is 13.1 Å². The van der Waals surface area contributed by atoms with E-state index in [4.69, 9.17) is 5.26 Å². The molecule has 0 heterocycles. The Bertz CT molecular complexity index is 409. The third-order valence-electron chi connectivity index (χ3n) is 2.99. The fraction of sp³-hybridized carbons (Fsp3) is 0.500. The zero-order valence-electron chi connectivity index (χ0n) is 10.7. The second-order valence-electron chi connectivity index (χ2n) is 4.36. The van der Waals surface area contributed by atoms with E-state index in [9.17, 15) is 4.39 Å². The van der Waals surface area contributed by atoms with E-state index in [0.717, 1.165) is 25.2 Å². The molecule has 1 aromatic rings. The van der Waals surface area contributed by atoms with Crippen LogP contribution >= 0.6 is 0 Å². The molecule has 0 aliphatic carbocycles. The summed E-state index contributed by atoms with van der Waals surface area (Å²) in [6.07, 6.45) is 1.09. The highest BCUT2D eigenvalue weighted by Gasteiger charge is 2.10. The van der Waals surface area contributed by atoms with Gasteiger partial charge < -0.3 is 4.90 Å². The Labute approximate surface area is 103 Å². The van der Waals surface area contributed by atoms with Crippen LogP contribution in [0.2, 0.25) is 0 Å². The van der Waals surface area contributed by atoms with Crippen LogP contribution in [-0.2, 0) is 0 Å². The van der Waals surface area contributed by atoms with Crippen LogP contribution in [0.3, 0.4) is 0 Å². The summed E-state index contributed by atoms with van der Waals surface area (Å²) in [4.78, 5) is 2.11. The van der Waals surface area contributed by atoms with Crippen LogP contribution < -0.4 is 4.90 Å². The van der Waals surface area contributed by atoms with Gasteiger partial charge in [0.25, 0.3) is 0 Å². The molecule has 92 valence electrons. The first-order valence-corrected chi connectivity index (χ1v) is 6.06. The molecule has 1 aromatic carbocycles. The lowest BCUT2D eigenvalue weighted by molar-refractivity contribution is 0.546. The zero-order valence-corrected chi connectivity index (χ0v) is 10.7. The monoisotopic (exact) mass is 234 g/mol. The minimum atomic E-state index is -0.346. The van der Waals surface area contributed by atoms with Gasteiger partial charge in [0.2, 0.25) is 0 Å². The number of nitrogens with zero attached hydrogens (tertiary/aromatic N) is 2. The molecule has 0 radical (unpaired) electrons. The van der Waals surface area contributed by atoms with Crippen molar-refractivity contribution in [3.05, 3.63) is 29.6 Å². The van der Waals surface area contributed by atoms with E-state index in [2.05, 4.69) is 18.7 Å². The highest BCUT2D eigenvalue weighted by atomic mass is 19.1. The normalized spacial score (nSPS) is 11.9. The van der Waals surface area contributed by atoms with Gasteiger partial charge in [-0.3, -0.25) is 0 Å². The van der Waals surface area contributed by atoms with Crippen LogP contribution in [0.15, 0.2) is 18.2 Å². The number of hydrogen-bond acceptors (Lipinski definition) is 2. The quantitative estimate of drug-likeness (QED) is 0.778. The third kappa shape index (κ3) is 3.74. The molecule has 0 aliphatic heterocycles. The molecule has 0 amide bonds. The van der Waals surface area contributed by atoms with Crippen molar-refractivity contribution >= 4 is 5.69 Å². The van der Waals surface area contributed by atoms with Crippen LogP contribution in [0.1, 0.15) is 32.8 Å². The molecule has 2 nitrogen and oxygen atoms in total. The van der Waals surface area contributed by atoms with Crippen molar-refractivity contribution in [1.82, 2.24) is 0 Å². The van der Waals surface area contributed by atoms with Crippen LogP contribution in [0.4, 0.5) is 10.1 Å². The largest absolute Gasteiger partial charge is 0.371 e. The predicted octanol–water partition coefficient (Wildman–Crippen LogP) is 3.57. The molecule has 0 aromatic heterocycles. The lowest BCUT2D eigenvalue weighted by atomic mass is 10.1. The second-order valence-corrected chi connectivity index (χ2v) is 4.36. The van der Waals surface area contributed by atoms with Crippen molar-refractivity contribution in [3.8, 4) is 6.07 Å². The Morgan fingerprint density at radius 1 is 1.35 bits per heavy atom. The van der Waals surface area contributed by atoms with Gasteiger partial charge in [0.1, 0.15) is 5.82 Å². The molecule has 0 saturated heterocycles. The Morgan fingerprint density at radius 3 is 2.59 bits per heavy atom. The summed E-state index contributed by atoms with van der Waals surface area (Å²) in [5, 5.41) is 8.83. The summed E-state index contributed by atoms with van der Waals surface area (Å²) in [5.41, 5.74) is 1.17. The number of anilines is 1. The number of benzene rings is 1. The Kier molecular flexibility index (Phi) is 4.96. The molecule has 0 spiro atoms. The van der Waals surface area contributed by atoms with Gasteiger partial charge in [-0.25, -0.2) is 4.39 Å². The summed E-state index contributed by atoms with van der Waals surface area (Å²) in [6.45, 7) is 8.07. The SMILES string of the molecule is CCC(C)CN(CC)c1cc(F)cc(C#N)c1. The first-order chi connectivity index (χ1) is 8.10. The van der Waals surface area contributed by atoms with E-state index in [-0.39, 0.29) is 5.82 Å². The summed E-state index contributed by atoms with van der Waals surface area (Å²) in [7, 11) is 0. The van der Waals surface area contributed by atoms with Crippen molar-refractivity contribution in [1.29, 1.82) is 5.26 Å². The second kappa shape index (κ2) is 6.24. The average molecular weight is 234 g/mol. The molecule has 0 fully saturated rings. The lowest BCUT2D eigenvalue weighted by Gasteiger charge is -2.26. The van der Waals surface area contributed by atoms with Crippen molar-refractivity contribution in [2.45, 2.75) is 27.2 Å². The minimum absolute atomic E-state index is 0.346. The molecular formula is C14H19FN2. The van der Waals surface area contributed by atoms with E-state index in [1.165, 1.54) is 12.1 Å². The fourth-order valence-corrected chi connectivity index (χ4v) is 1.74. The maximum absolute atomic E-state index is 13.4. The van der Waals surface area contributed by atoms with Gasteiger partial charge >= 0.3 is 0 Å². The van der Waals surface area contributed by atoms with E-state index >= 15 is 0 Å². The number of nitriles is 1. The standard InChI is InChI=1S/C14H19FN2/c1-4-11(3)10-17(5-2)14-7-12(9-16)6-13(15)8-14/h6-8,11H,4-5,10H2,1-3H3. The fourth-order valence-electron chi connectivity index (χ4n) is 1.74. The molecule has 0 saturated carbocycles. The van der Waals surface area contributed by atoms with E-state index in [1.807, 2.05) is 13.0 Å². The maximum Gasteiger partial charge on any atom is 0.126 e. The maximum atomic E-state index is 13.4. The molecule has 1 rings (SSSR count). The smallest absolute Gasteiger partial charge is 0.126 e. The lowest BCUT2D eigenvalue weighted by Crippen LogP contribution is -2.28. The topological polar surface area (TPSA) is 27.0 Å². The summed E-state index contributed by atoms with van der Waals surface area (Å²) in [5.74, 6) is 0.213. The highest BCUT2D eigenvalue weighted by molar-refractivity contribution is 5.51.